The lowest BCUT2D eigenvalue weighted by atomic mass is 9.83. The number of carbonyl (C=O) groups excluding carboxylic acids is 3. The van der Waals surface area contributed by atoms with Gasteiger partial charge in [0, 0.05) is 13.6 Å². The first kappa shape index (κ1) is 21.4. The van der Waals surface area contributed by atoms with Crippen LogP contribution in [0.4, 0.5) is 4.79 Å². The third-order valence-electron chi connectivity index (χ3n) is 6.42. The highest BCUT2D eigenvalue weighted by molar-refractivity contribution is 6.09. The van der Waals surface area contributed by atoms with E-state index in [-0.39, 0.29) is 11.8 Å². The molecule has 2 saturated heterocycles. The molecule has 170 valence electrons. The maximum absolute atomic E-state index is 13.4. The molecule has 3 atom stereocenters. The van der Waals surface area contributed by atoms with Gasteiger partial charge in [0.25, 0.3) is 5.91 Å². The van der Waals surface area contributed by atoms with Crippen LogP contribution in [0.15, 0.2) is 54.6 Å². The highest BCUT2D eigenvalue weighted by atomic mass is 16.6. The molecule has 3 heterocycles. The molecule has 3 aliphatic rings. The molecule has 33 heavy (non-hydrogen) atoms. The van der Waals surface area contributed by atoms with E-state index in [1.54, 1.807) is 20.8 Å². The summed E-state index contributed by atoms with van der Waals surface area (Å²) in [5, 5.41) is 3.24. The van der Waals surface area contributed by atoms with Gasteiger partial charge in [0.15, 0.2) is 0 Å². The molecule has 3 aliphatic heterocycles. The molecule has 7 nitrogen and oxygen atoms in total. The molecule has 2 aromatic rings. The van der Waals surface area contributed by atoms with Crippen molar-refractivity contribution >= 4 is 29.6 Å². The monoisotopic (exact) mass is 445 g/mol. The van der Waals surface area contributed by atoms with E-state index in [1.807, 2.05) is 59.6 Å². The van der Waals surface area contributed by atoms with Gasteiger partial charge in [-0.25, -0.2) is 14.8 Å². The van der Waals surface area contributed by atoms with E-state index in [4.69, 9.17) is 4.74 Å². The summed E-state index contributed by atoms with van der Waals surface area (Å²) in [4.78, 5) is 40.8. The zero-order chi connectivity index (χ0) is 23.5. The highest BCUT2D eigenvalue weighted by Gasteiger charge is 2.64. The second-order valence-corrected chi connectivity index (χ2v) is 9.74. The molecule has 0 bridgehead atoms. The number of ether oxygens (including phenoxy) is 1. The predicted molar refractivity (Wildman–Crippen MR) is 123 cm³/mol. The number of hydrazine groups is 1. The minimum atomic E-state index is -0.911. The lowest BCUT2D eigenvalue weighted by Gasteiger charge is -2.40. The van der Waals surface area contributed by atoms with E-state index in [9.17, 15) is 14.4 Å². The van der Waals surface area contributed by atoms with E-state index in [0.717, 1.165) is 27.2 Å². The van der Waals surface area contributed by atoms with Crippen molar-refractivity contribution in [1.82, 2.24) is 14.9 Å². The van der Waals surface area contributed by atoms with Gasteiger partial charge in [0.2, 0.25) is 5.91 Å². The van der Waals surface area contributed by atoms with Crippen molar-refractivity contribution in [3.05, 3.63) is 71.3 Å². The summed E-state index contributed by atoms with van der Waals surface area (Å²) in [6.45, 7) is 5.74. The number of fused-ring (bicyclic) bond motifs is 5. The smallest absolute Gasteiger partial charge is 0.425 e. The Morgan fingerprint density at radius 1 is 0.970 bits per heavy atom. The van der Waals surface area contributed by atoms with Crippen molar-refractivity contribution < 1.29 is 19.1 Å². The molecule has 0 radical (unpaired) electrons. The Bertz CT molecular complexity index is 1170. The molecule has 0 aromatic heterocycles. The van der Waals surface area contributed by atoms with Crippen molar-refractivity contribution in [3.63, 3.8) is 0 Å². The molecule has 0 N–H and O–H groups in total. The third kappa shape index (κ3) is 3.43. The molecule has 5 rings (SSSR count). The number of carbonyl (C=O) groups is 3. The largest absolute Gasteiger partial charge is 0.443 e. The van der Waals surface area contributed by atoms with Gasteiger partial charge in [-0.3, -0.25) is 14.5 Å². The average Bonchev–Trinajstić information content (AvgIpc) is 3.22. The minimum Gasteiger partial charge on any atom is -0.443 e. The quantitative estimate of drug-likeness (QED) is 0.626. The van der Waals surface area contributed by atoms with E-state index >= 15 is 0 Å². The van der Waals surface area contributed by atoms with Crippen molar-refractivity contribution in [1.29, 1.82) is 0 Å². The molecule has 0 spiro atoms. The summed E-state index contributed by atoms with van der Waals surface area (Å²) >= 11 is 0. The maximum atomic E-state index is 13.4. The average molecular weight is 446 g/mol. The van der Waals surface area contributed by atoms with Gasteiger partial charge in [-0.2, -0.15) is 0 Å². The van der Waals surface area contributed by atoms with E-state index in [1.165, 1.54) is 12.1 Å². The van der Waals surface area contributed by atoms with Crippen LogP contribution < -0.4 is 0 Å². The van der Waals surface area contributed by atoms with Crippen molar-refractivity contribution in [3.8, 4) is 0 Å². The Morgan fingerprint density at radius 3 is 2.33 bits per heavy atom. The number of likely N-dealkylation sites (tertiary alicyclic amines) is 1. The molecule has 7 heteroatoms. The number of hydrogen-bond acceptors (Lipinski definition) is 5. The van der Waals surface area contributed by atoms with Gasteiger partial charge in [-0.15, -0.1) is 0 Å². The number of likely N-dealkylation sites (N-methyl/N-ethyl adjacent to an activating group) is 1. The number of benzene rings is 2. The van der Waals surface area contributed by atoms with Crippen molar-refractivity contribution in [2.45, 2.75) is 38.5 Å². The van der Waals surface area contributed by atoms with Gasteiger partial charge in [-0.05, 0) is 49.1 Å². The van der Waals surface area contributed by atoms with Gasteiger partial charge >= 0.3 is 6.09 Å². The zero-order valence-corrected chi connectivity index (χ0v) is 19.2. The van der Waals surface area contributed by atoms with Gasteiger partial charge in [0.1, 0.15) is 11.6 Å². The van der Waals surface area contributed by atoms with Crippen LogP contribution in [-0.4, -0.2) is 58.1 Å². The highest BCUT2D eigenvalue weighted by Crippen LogP contribution is 2.51. The normalized spacial score (nSPS) is 25.8. The van der Waals surface area contributed by atoms with Crippen molar-refractivity contribution in [2.24, 2.45) is 5.92 Å². The molecular weight excluding hydrogens is 418 g/mol. The zero-order valence-electron chi connectivity index (χ0n) is 19.2. The Balaban J connectivity index is 1.66. The van der Waals surface area contributed by atoms with Crippen LogP contribution in [0.2, 0.25) is 0 Å². The fraction of sp³-hybridized carbons (Fsp3) is 0.346. The number of imide groups is 1. The van der Waals surface area contributed by atoms with E-state index < -0.39 is 29.7 Å². The third-order valence-corrected chi connectivity index (χ3v) is 6.42. The summed E-state index contributed by atoms with van der Waals surface area (Å²) in [6, 6.07) is 16.6. The van der Waals surface area contributed by atoms with Crippen LogP contribution in [0.3, 0.4) is 0 Å². The van der Waals surface area contributed by atoms with Gasteiger partial charge < -0.3 is 4.74 Å². The van der Waals surface area contributed by atoms with Crippen molar-refractivity contribution in [2.75, 3.05) is 13.6 Å². The molecule has 2 aromatic carbocycles. The second kappa shape index (κ2) is 7.56. The van der Waals surface area contributed by atoms with Gasteiger partial charge in [0.05, 0.1) is 12.0 Å². The first-order valence-corrected chi connectivity index (χ1v) is 11.1. The van der Waals surface area contributed by atoms with Crippen LogP contribution in [0.1, 0.15) is 43.5 Å². The van der Waals surface area contributed by atoms with Crippen LogP contribution in [0.5, 0.6) is 0 Å². The van der Waals surface area contributed by atoms with E-state index in [2.05, 4.69) is 6.08 Å². The molecule has 0 unspecified atom stereocenters. The lowest BCUT2D eigenvalue weighted by Crippen LogP contribution is -2.52. The fourth-order valence-electron chi connectivity index (χ4n) is 5.10. The second-order valence-electron chi connectivity index (χ2n) is 9.74. The Kier molecular flexibility index (Phi) is 4.90. The summed E-state index contributed by atoms with van der Waals surface area (Å²) in [7, 11) is 1.48. The first-order chi connectivity index (χ1) is 15.7. The minimum absolute atomic E-state index is 0.267. The molecule has 2 fully saturated rings. The number of hydrogen-bond donors (Lipinski definition) is 0. The Labute approximate surface area is 193 Å². The van der Waals surface area contributed by atoms with Crippen LogP contribution in [0, 0.1) is 5.92 Å². The lowest BCUT2D eigenvalue weighted by molar-refractivity contribution is -0.143. The van der Waals surface area contributed by atoms with E-state index in [0.29, 0.717) is 6.54 Å². The summed E-state index contributed by atoms with van der Waals surface area (Å²) in [5.74, 6) is -1.32. The van der Waals surface area contributed by atoms with Crippen LogP contribution in [0.25, 0.3) is 11.6 Å². The van der Waals surface area contributed by atoms with Crippen LogP contribution >= 0.6 is 0 Å². The van der Waals surface area contributed by atoms with Crippen LogP contribution in [-0.2, 0) is 14.3 Å². The molecule has 0 saturated carbocycles. The standard InChI is InChI=1S/C26H27N3O4/c1-26(2,3)33-25(32)29-22-20(23(30)27(4)24(22)31)21-19-13-9-8-12-18(19)17(15-28(21)29)14-16-10-6-5-7-11-16/h5-14,20-22H,15H2,1-4H3/b17-14+/t20-,21+,22+/m1/s1. The Hall–Kier alpha value is -3.45. The summed E-state index contributed by atoms with van der Waals surface area (Å²) < 4.78 is 5.68. The fourth-order valence-corrected chi connectivity index (χ4v) is 5.10. The molecule has 0 aliphatic carbocycles. The van der Waals surface area contributed by atoms with Gasteiger partial charge in [-0.1, -0.05) is 54.6 Å². The SMILES string of the molecule is CN1C(=O)[C@H]2[C@@H](C1=O)N(C(=O)OC(C)(C)C)N1C/C(=C\c3ccccc3)c3ccccc3[C@@H]21. The number of rotatable bonds is 1. The molecular formula is C26H27N3O4. The Morgan fingerprint density at radius 2 is 1.64 bits per heavy atom. The summed E-state index contributed by atoms with van der Waals surface area (Å²) in [5.41, 5.74) is 3.27. The first-order valence-electron chi connectivity index (χ1n) is 11.1. The number of amides is 3. The predicted octanol–water partition coefficient (Wildman–Crippen LogP) is 3.73. The summed E-state index contributed by atoms with van der Waals surface area (Å²) in [6.07, 6.45) is 1.47. The topological polar surface area (TPSA) is 70.2 Å². The maximum Gasteiger partial charge on any atom is 0.425 e. The molecule has 3 amide bonds. The number of nitrogens with zero attached hydrogens (tertiary/aromatic N) is 3.